The first-order chi connectivity index (χ1) is 15.7. The van der Waals surface area contributed by atoms with Crippen LogP contribution in [0.15, 0.2) is 42.5 Å². The minimum atomic E-state index is -2.22. The second kappa shape index (κ2) is 11.2. The number of nitrogens with zero attached hydrogens (tertiary/aromatic N) is 2. The summed E-state index contributed by atoms with van der Waals surface area (Å²) in [6, 6.07) is 12.9. The Kier molecular flexibility index (Phi) is 9.13. The number of benzene rings is 2. The molecule has 1 amide bonds. The largest absolute Gasteiger partial charge is 0.465 e. The Morgan fingerprint density at radius 2 is 1.79 bits per heavy atom. The van der Waals surface area contributed by atoms with E-state index in [1.54, 1.807) is 7.05 Å². The predicted molar refractivity (Wildman–Crippen MR) is 140 cm³/mol. The maximum atomic E-state index is 14.9. The normalized spacial score (nSPS) is 12.9. The molecule has 0 radical (unpaired) electrons. The topological polar surface area (TPSA) is 79.0 Å². The van der Waals surface area contributed by atoms with Crippen molar-refractivity contribution in [1.29, 1.82) is 0 Å². The van der Waals surface area contributed by atoms with Crippen LogP contribution in [0.3, 0.4) is 0 Å². The van der Waals surface area contributed by atoms with Crippen LogP contribution in [-0.4, -0.2) is 45.1 Å². The van der Waals surface area contributed by atoms with Crippen LogP contribution < -0.4 is 10.6 Å². The number of rotatable bonds is 10. The number of hydrogen-bond acceptors (Lipinski definition) is 4. The first-order valence-corrected chi connectivity index (χ1v) is 14.6. The molecule has 6 nitrogen and oxygen atoms in total. The summed E-state index contributed by atoms with van der Waals surface area (Å²) in [5.74, 6) is -0.370. The van der Waals surface area contributed by atoms with Gasteiger partial charge in [0.2, 0.25) is 0 Å². The molecular formula is C26H40FN3O3Si. The van der Waals surface area contributed by atoms with E-state index in [0.29, 0.717) is 42.9 Å². The van der Waals surface area contributed by atoms with Gasteiger partial charge in [0, 0.05) is 32.7 Å². The molecule has 0 saturated heterocycles. The van der Waals surface area contributed by atoms with Gasteiger partial charge in [-0.05, 0) is 48.7 Å². The molecule has 8 heteroatoms. The predicted octanol–water partition coefficient (Wildman–Crippen LogP) is 6.50. The van der Waals surface area contributed by atoms with Crippen LogP contribution in [0.25, 0.3) is 0 Å². The highest BCUT2D eigenvalue weighted by Crippen LogP contribution is 2.43. The lowest BCUT2D eigenvalue weighted by Gasteiger charge is -2.40. The lowest BCUT2D eigenvalue weighted by atomic mass is 10.0. The van der Waals surface area contributed by atoms with Crippen LogP contribution in [0.4, 0.5) is 20.6 Å². The van der Waals surface area contributed by atoms with Crippen LogP contribution in [0.2, 0.25) is 18.1 Å². The Balaban J connectivity index is 2.40. The third-order valence-corrected chi connectivity index (χ3v) is 11.2. The highest BCUT2D eigenvalue weighted by atomic mass is 28.4. The van der Waals surface area contributed by atoms with Crippen LogP contribution >= 0.6 is 0 Å². The van der Waals surface area contributed by atoms with Gasteiger partial charge in [0.05, 0.1) is 17.5 Å². The van der Waals surface area contributed by atoms with E-state index in [1.165, 1.54) is 17.0 Å². The van der Waals surface area contributed by atoms with Gasteiger partial charge in [-0.25, -0.2) is 9.18 Å². The summed E-state index contributed by atoms with van der Waals surface area (Å²) in [4.78, 5) is 14.4. The number of nitrogen functional groups attached to an aromatic ring is 1. The molecule has 3 N–H and O–H groups in total. The van der Waals surface area contributed by atoms with Crippen LogP contribution in [0.5, 0.6) is 0 Å². The first-order valence-electron chi connectivity index (χ1n) is 11.7. The number of carbonyl (C=O) groups is 1. The third-order valence-electron chi connectivity index (χ3n) is 6.71. The fraction of sp³-hybridized carbons (Fsp3) is 0.500. The van der Waals surface area contributed by atoms with Gasteiger partial charge in [-0.15, -0.1) is 0 Å². The highest BCUT2D eigenvalue weighted by molar-refractivity contribution is 6.74. The molecule has 2 aromatic rings. The highest BCUT2D eigenvalue weighted by Gasteiger charge is 2.40. The average molecular weight is 490 g/mol. The van der Waals surface area contributed by atoms with Crippen molar-refractivity contribution in [1.82, 2.24) is 4.90 Å². The summed E-state index contributed by atoms with van der Waals surface area (Å²) in [5, 5.41) is 9.14. The van der Waals surface area contributed by atoms with Gasteiger partial charge < -0.3 is 25.1 Å². The molecular weight excluding hydrogens is 449 g/mol. The van der Waals surface area contributed by atoms with E-state index in [-0.39, 0.29) is 10.9 Å². The lowest BCUT2D eigenvalue weighted by molar-refractivity contribution is 0.145. The summed E-state index contributed by atoms with van der Waals surface area (Å²) in [5.41, 5.74) is 9.47. The van der Waals surface area contributed by atoms with Crippen molar-refractivity contribution in [3.05, 3.63) is 59.4 Å². The van der Waals surface area contributed by atoms with Gasteiger partial charge in [0.15, 0.2) is 8.32 Å². The molecule has 34 heavy (non-hydrogen) atoms. The summed E-state index contributed by atoms with van der Waals surface area (Å²) >= 11 is 0. The third kappa shape index (κ3) is 7.21. The number of halogens is 1. The van der Waals surface area contributed by atoms with Gasteiger partial charge in [0.25, 0.3) is 0 Å². The molecule has 0 saturated carbocycles. The van der Waals surface area contributed by atoms with E-state index in [1.807, 2.05) is 42.3 Å². The summed E-state index contributed by atoms with van der Waals surface area (Å²) in [7, 11) is 1.22. The quantitative estimate of drug-likeness (QED) is 0.294. The molecule has 1 atom stereocenters. The van der Waals surface area contributed by atoms with E-state index in [4.69, 9.17) is 10.2 Å². The molecule has 1 unspecified atom stereocenters. The molecule has 0 heterocycles. The van der Waals surface area contributed by atoms with Crippen LogP contribution in [0, 0.1) is 5.82 Å². The van der Waals surface area contributed by atoms with Gasteiger partial charge in [-0.3, -0.25) is 0 Å². The lowest BCUT2D eigenvalue weighted by Crippen LogP contribution is -2.42. The number of anilines is 2. The molecule has 0 aliphatic heterocycles. The van der Waals surface area contributed by atoms with Crippen molar-refractivity contribution < 1.29 is 18.7 Å². The van der Waals surface area contributed by atoms with Crippen molar-refractivity contribution in [2.45, 2.75) is 64.4 Å². The Morgan fingerprint density at radius 1 is 1.18 bits per heavy atom. The summed E-state index contributed by atoms with van der Waals surface area (Å²) in [6.45, 7) is 11.7. The molecule has 0 bridgehead atoms. The standard InChI is InChI=1S/C26H40FN3O3Si/c1-26(2,3)34(6,7)33-23(14-11-15-29(4)25(31)32)21-16-20(27)17-22(24(21)28)30(5)18-19-12-9-8-10-13-19/h8-10,12-13,16-17,23H,11,14-15,18,28H2,1-7H3,(H,31,32). The van der Waals surface area contributed by atoms with Crippen LogP contribution in [-0.2, 0) is 11.0 Å². The zero-order valence-corrected chi connectivity index (χ0v) is 22.6. The van der Waals surface area contributed by atoms with Gasteiger partial charge in [-0.2, -0.15) is 0 Å². The Morgan fingerprint density at radius 3 is 2.35 bits per heavy atom. The molecule has 0 fully saturated rings. The monoisotopic (exact) mass is 489 g/mol. The number of amides is 1. The molecule has 0 aliphatic carbocycles. The number of hydrogen-bond donors (Lipinski definition) is 2. The van der Waals surface area contributed by atoms with Gasteiger partial charge >= 0.3 is 6.09 Å². The average Bonchev–Trinajstić information content (AvgIpc) is 2.74. The Hall–Kier alpha value is -2.58. The summed E-state index contributed by atoms with van der Waals surface area (Å²) in [6.07, 6.45) is -0.285. The Labute approximate surface area is 204 Å². The smallest absolute Gasteiger partial charge is 0.407 e. The van der Waals surface area contributed by atoms with Crippen molar-refractivity contribution in [2.75, 3.05) is 31.3 Å². The molecule has 2 rings (SSSR count). The maximum Gasteiger partial charge on any atom is 0.407 e. The van der Waals surface area contributed by atoms with E-state index in [9.17, 15) is 14.3 Å². The molecule has 0 spiro atoms. The zero-order chi connectivity index (χ0) is 25.7. The van der Waals surface area contributed by atoms with Crippen molar-refractivity contribution in [3.8, 4) is 0 Å². The van der Waals surface area contributed by atoms with Crippen molar-refractivity contribution >= 4 is 25.8 Å². The second-order valence-corrected chi connectivity index (χ2v) is 15.2. The SMILES string of the molecule is CN(CCCC(O[Si](C)(C)C(C)(C)C)c1cc(F)cc(N(C)Cc2ccccc2)c1N)C(=O)O. The minimum Gasteiger partial charge on any atom is -0.465 e. The number of nitrogens with two attached hydrogens (primary N) is 1. The number of carboxylic acid groups (broad SMARTS) is 1. The molecule has 0 aromatic heterocycles. The van der Waals surface area contributed by atoms with Gasteiger partial charge in [0.1, 0.15) is 5.82 Å². The molecule has 188 valence electrons. The van der Waals surface area contributed by atoms with Crippen molar-refractivity contribution in [3.63, 3.8) is 0 Å². The van der Waals surface area contributed by atoms with E-state index in [2.05, 4.69) is 33.9 Å². The second-order valence-electron chi connectivity index (χ2n) is 10.5. The fourth-order valence-corrected chi connectivity index (χ4v) is 4.88. The zero-order valence-electron chi connectivity index (χ0n) is 21.6. The van der Waals surface area contributed by atoms with Crippen molar-refractivity contribution in [2.24, 2.45) is 0 Å². The fourth-order valence-electron chi connectivity index (χ4n) is 3.57. The van der Waals surface area contributed by atoms with E-state index in [0.717, 1.165) is 5.56 Å². The Bertz CT molecular complexity index is 964. The van der Waals surface area contributed by atoms with Crippen LogP contribution in [0.1, 0.15) is 50.8 Å². The van der Waals surface area contributed by atoms with E-state index < -0.39 is 20.5 Å². The molecule has 2 aromatic carbocycles. The minimum absolute atomic E-state index is 0.0435. The van der Waals surface area contributed by atoms with E-state index >= 15 is 0 Å². The maximum absolute atomic E-state index is 14.9. The van der Waals surface area contributed by atoms with Gasteiger partial charge in [-0.1, -0.05) is 51.1 Å². The summed E-state index contributed by atoms with van der Waals surface area (Å²) < 4.78 is 21.6. The first kappa shape index (κ1) is 27.7. The molecule has 0 aliphatic rings.